The van der Waals surface area contributed by atoms with Crippen LogP contribution in [0.25, 0.3) is 0 Å². The van der Waals surface area contributed by atoms with Crippen LogP contribution in [0.5, 0.6) is 0 Å². The molecule has 132 valence electrons. The summed E-state index contributed by atoms with van der Waals surface area (Å²) in [4.78, 5) is 16.7. The predicted octanol–water partition coefficient (Wildman–Crippen LogP) is 3.72. The van der Waals surface area contributed by atoms with Gasteiger partial charge in [0.2, 0.25) is 5.91 Å². The van der Waals surface area contributed by atoms with Gasteiger partial charge in [0, 0.05) is 31.9 Å². The average molecular weight is 358 g/mol. The Morgan fingerprint density at radius 3 is 2.48 bits per heavy atom. The van der Waals surface area contributed by atoms with Gasteiger partial charge in [-0.15, -0.1) is 0 Å². The third-order valence-corrected chi connectivity index (χ3v) is 5.18. The summed E-state index contributed by atoms with van der Waals surface area (Å²) in [6.45, 7) is 7.79. The lowest BCUT2D eigenvalue weighted by molar-refractivity contribution is -0.129. The highest BCUT2D eigenvalue weighted by Crippen LogP contribution is 2.24. The number of piperazine rings is 1. The minimum absolute atomic E-state index is 0.112. The number of aryl methyl sites for hydroxylation is 1. The van der Waals surface area contributed by atoms with Gasteiger partial charge in [-0.3, -0.25) is 4.79 Å². The number of amides is 1. The predicted molar refractivity (Wildman–Crippen MR) is 105 cm³/mol. The molecule has 1 aliphatic heterocycles. The summed E-state index contributed by atoms with van der Waals surface area (Å²) in [6.07, 6.45) is 0. The Morgan fingerprint density at radius 1 is 1.04 bits per heavy atom. The molecular formula is C20H24ClN3O. The van der Waals surface area contributed by atoms with Gasteiger partial charge in [-0.2, -0.15) is 0 Å². The van der Waals surface area contributed by atoms with Crippen LogP contribution in [-0.2, 0) is 4.79 Å². The molecule has 0 unspecified atom stereocenters. The zero-order valence-corrected chi connectivity index (χ0v) is 15.5. The largest absolute Gasteiger partial charge is 0.375 e. The molecule has 0 aromatic heterocycles. The van der Waals surface area contributed by atoms with E-state index in [1.165, 1.54) is 16.8 Å². The number of nitrogens with zero attached hydrogens (tertiary/aromatic N) is 2. The topological polar surface area (TPSA) is 35.6 Å². The summed E-state index contributed by atoms with van der Waals surface area (Å²) >= 11 is 6.11. The molecule has 0 saturated carbocycles. The fourth-order valence-corrected chi connectivity index (χ4v) is 3.36. The first kappa shape index (κ1) is 17.6. The van der Waals surface area contributed by atoms with Crippen molar-refractivity contribution >= 4 is 28.9 Å². The van der Waals surface area contributed by atoms with Gasteiger partial charge in [0.1, 0.15) is 0 Å². The van der Waals surface area contributed by atoms with E-state index in [0.29, 0.717) is 5.02 Å². The first-order valence-electron chi connectivity index (χ1n) is 8.63. The quantitative estimate of drug-likeness (QED) is 0.905. The number of rotatable bonds is 4. The van der Waals surface area contributed by atoms with Crippen LogP contribution in [0, 0.1) is 13.8 Å². The number of carbonyl (C=O) groups excluding carboxylic acids is 1. The van der Waals surface area contributed by atoms with Crippen molar-refractivity contribution in [1.29, 1.82) is 0 Å². The second-order valence-corrected chi connectivity index (χ2v) is 6.83. The van der Waals surface area contributed by atoms with E-state index in [2.05, 4.69) is 42.3 Å². The Bertz CT molecular complexity index is 754. The molecule has 1 aliphatic rings. The number of anilines is 2. The molecule has 5 heteroatoms. The van der Waals surface area contributed by atoms with Crippen LogP contribution in [0.2, 0.25) is 5.02 Å². The third kappa shape index (κ3) is 4.07. The Morgan fingerprint density at radius 2 is 1.76 bits per heavy atom. The van der Waals surface area contributed by atoms with E-state index in [1.807, 2.05) is 29.2 Å². The Balaban J connectivity index is 1.54. The second kappa shape index (κ2) is 7.79. The molecule has 25 heavy (non-hydrogen) atoms. The number of hydrogen-bond acceptors (Lipinski definition) is 3. The fourth-order valence-electron chi connectivity index (χ4n) is 3.16. The molecule has 2 aromatic rings. The van der Waals surface area contributed by atoms with Crippen LogP contribution < -0.4 is 10.2 Å². The Hall–Kier alpha value is -2.20. The van der Waals surface area contributed by atoms with Crippen molar-refractivity contribution in [2.75, 3.05) is 42.9 Å². The molecule has 1 heterocycles. The van der Waals surface area contributed by atoms with Crippen molar-refractivity contribution in [3.05, 3.63) is 58.6 Å². The lowest BCUT2D eigenvalue weighted by atomic mass is 10.1. The fraction of sp³-hybridized carbons (Fsp3) is 0.350. The number of benzene rings is 2. The lowest BCUT2D eigenvalue weighted by Gasteiger charge is -2.37. The number of para-hydroxylation sites is 1. The molecule has 1 amide bonds. The van der Waals surface area contributed by atoms with E-state index in [4.69, 9.17) is 11.6 Å². The molecular weight excluding hydrogens is 334 g/mol. The number of carbonyl (C=O) groups is 1. The number of nitrogens with one attached hydrogen (secondary N) is 1. The van der Waals surface area contributed by atoms with Crippen molar-refractivity contribution in [1.82, 2.24) is 4.90 Å². The molecule has 0 radical (unpaired) electrons. The lowest BCUT2D eigenvalue weighted by Crippen LogP contribution is -2.50. The van der Waals surface area contributed by atoms with Crippen molar-refractivity contribution in [3.63, 3.8) is 0 Å². The molecule has 0 bridgehead atoms. The normalized spacial score (nSPS) is 14.5. The number of halogens is 1. The molecule has 4 nitrogen and oxygen atoms in total. The second-order valence-electron chi connectivity index (χ2n) is 6.42. The molecule has 1 saturated heterocycles. The maximum Gasteiger partial charge on any atom is 0.241 e. The Kier molecular flexibility index (Phi) is 5.49. The van der Waals surface area contributed by atoms with Gasteiger partial charge in [-0.25, -0.2) is 0 Å². The van der Waals surface area contributed by atoms with Crippen LogP contribution in [-0.4, -0.2) is 43.5 Å². The summed E-state index contributed by atoms with van der Waals surface area (Å²) in [7, 11) is 0. The summed E-state index contributed by atoms with van der Waals surface area (Å²) in [5.74, 6) is 0.112. The summed E-state index contributed by atoms with van der Waals surface area (Å²) in [5.41, 5.74) is 4.70. The zero-order valence-electron chi connectivity index (χ0n) is 14.8. The monoisotopic (exact) mass is 357 g/mol. The van der Waals surface area contributed by atoms with Gasteiger partial charge in [-0.05, 0) is 43.2 Å². The van der Waals surface area contributed by atoms with Gasteiger partial charge >= 0.3 is 0 Å². The molecule has 0 aliphatic carbocycles. The van der Waals surface area contributed by atoms with Gasteiger partial charge in [0.05, 0.1) is 17.3 Å². The van der Waals surface area contributed by atoms with Gasteiger partial charge in [0.25, 0.3) is 0 Å². The number of hydrogen-bond donors (Lipinski definition) is 1. The van der Waals surface area contributed by atoms with E-state index in [-0.39, 0.29) is 12.5 Å². The zero-order chi connectivity index (χ0) is 17.8. The SMILES string of the molecule is Cc1cccc(N2CCN(C(=O)CNc3ccccc3Cl)CC2)c1C. The van der Waals surface area contributed by atoms with Crippen LogP contribution in [0.4, 0.5) is 11.4 Å². The van der Waals surface area contributed by atoms with Crippen LogP contribution in [0.3, 0.4) is 0 Å². The summed E-state index contributed by atoms with van der Waals surface area (Å²) < 4.78 is 0. The summed E-state index contributed by atoms with van der Waals surface area (Å²) in [5, 5.41) is 3.77. The minimum atomic E-state index is 0.112. The molecule has 1 N–H and O–H groups in total. The van der Waals surface area contributed by atoms with E-state index >= 15 is 0 Å². The molecule has 0 atom stereocenters. The van der Waals surface area contributed by atoms with Crippen LogP contribution >= 0.6 is 11.6 Å². The van der Waals surface area contributed by atoms with Crippen LogP contribution in [0.15, 0.2) is 42.5 Å². The Labute approximate surface area is 154 Å². The highest BCUT2D eigenvalue weighted by Gasteiger charge is 2.22. The highest BCUT2D eigenvalue weighted by atomic mass is 35.5. The molecule has 0 spiro atoms. The van der Waals surface area contributed by atoms with Crippen LogP contribution in [0.1, 0.15) is 11.1 Å². The highest BCUT2D eigenvalue weighted by molar-refractivity contribution is 6.33. The maximum atomic E-state index is 12.4. The first-order valence-corrected chi connectivity index (χ1v) is 9.01. The molecule has 1 fully saturated rings. The van der Waals surface area contributed by atoms with E-state index in [1.54, 1.807) is 0 Å². The standard InChI is InChI=1S/C20H24ClN3O/c1-15-6-5-9-19(16(15)2)23-10-12-24(13-11-23)20(25)14-22-18-8-4-3-7-17(18)21/h3-9,22H,10-14H2,1-2H3. The average Bonchev–Trinajstić information content (AvgIpc) is 2.63. The van der Waals surface area contributed by atoms with Crippen molar-refractivity contribution in [2.24, 2.45) is 0 Å². The summed E-state index contributed by atoms with van der Waals surface area (Å²) in [6, 6.07) is 13.9. The van der Waals surface area contributed by atoms with Crippen molar-refractivity contribution < 1.29 is 4.79 Å². The van der Waals surface area contributed by atoms with E-state index < -0.39 is 0 Å². The molecule has 2 aromatic carbocycles. The smallest absolute Gasteiger partial charge is 0.241 e. The van der Waals surface area contributed by atoms with Gasteiger partial charge < -0.3 is 15.1 Å². The van der Waals surface area contributed by atoms with Crippen molar-refractivity contribution in [2.45, 2.75) is 13.8 Å². The third-order valence-electron chi connectivity index (χ3n) is 4.85. The van der Waals surface area contributed by atoms with E-state index in [9.17, 15) is 4.79 Å². The van der Waals surface area contributed by atoms with Gasteiger partial charge in [-0.1, -0.05) is 35.9 Å². The van der Waals surface area contributed by atoms with Crippen molar-refractivity contribution in [3.8, 4) is 0 Å². The maximum absolute atomic E-state index is 12.4. The molecule has 3 rings (SSSR count). The van der Waals surface area contributed by atoms with E-state index in [0.717, 1.165) is 31.9 Å². The van der Waals surface area contributed by atoms with Gasteiger partial charge in [0.15, 0.2) is 0 Å². The minimum Gasteiger partial charge on any atom is -0.375 e. The first-order chi connectivity index (χ1) is 12.1.